The normalized spacial score (nSPS) is 8.41. The van der Waals surface area contributed by atoms with Crippen molar-refractivity contribution in [2.75, 3.05) is 40.0 Å². The van der Waals surface area contributed by atoms with Crippen molar-refractivity contribution in [1.29, 1.82) is 7.67 Å². The monoisotopic (exact) mass is 1640 g/mol. The van der Waals surface area contributed by atoms with Crippen LogP contribution in [0.5, 0.6) is 0 Å². The Labute approximate surface area is 332 Å². The Morgan fingerprint density at radius 3 is 0.353 bits per heavy atom. The molecule has 0 heterocycles. The second-order valence-electron chi connectivity index (χ2n) is 1.33. The third kappa shape index (κ3) is 787. The number of rotatable bonds is 0. The van der Waals surface area contributed by atoms with E-state index in [2.05, 4.69) is 0 Å². The molecule has 0 aliphatic carbocycles. The van der Waals surface area contributed by atoms with Crippen molar-refractivity contribution in [3.05, 3.63) is 24.3 Å². The molecule has 12 heteroatoms. The summed E-state index contributed by atoms with van der Waals surface area (Å²) >= 11 is 0. The van der Waals surface area contributed by atoms with Crippen molar-refractivity contribution in [2.24, 2.45) is 0 Å². The van der Waals surface area contributed by atoms with Gasteiger partial charge in [0, 0.05) is 126 Å². The molecule has 0 amide bonds. The topological polar surface area (TPSA) is 0 Å². The fraction of sp³-hybridized carbons (Fsp3) is 0.818. The Morgan fingerprint density at radius 1 is 0.324 bits per heavy atom. The Bertz CT molecular complexity index is 155. The summed E-state index contributed by atoms with van der Waals surface area (Å²) in [5.41, 5.74) is 0. The van der Waals surface area contributed by atoms with Crippen LogP contribution in [0.25, 0.3) is 0 Å². The van der Waals surface area contributed by atoms with Crippen LogP contribution in [-0.2, 0) is 126 Å². The molecule has 0 aliphatic rings. The summed E-state index contributed by atoms with van der Waals surface area (Å²) in [7, 11) is 2.00. The molecule has 0 nitrogen and oxygen atoms in total. The Balaban J connectivity index is -0.00000000820. The summed E-state index contributed by atoms with van der Waals surface area (Å²) in [5, 5.41) is 0. The zero-order valence-electron chi connectivity index (χ0n) is 31.8. The Hall–Kier alpha value is 6.19. The summed E-state index contributed by atoms with van der Waals surface area (Å²) in [6.45, 7) is 34.9. The van der Waals surface area contributed by atoms with E-state index in [0.29, 0.717) is 55.1 Å². The summed E-state index contributed by atoms with van der Waals surface area (Å²) in [6.07, 6.45) is 8.00. The van der Waals surface area contributed by atoms with Crippen molar-refractivity contribution in [3.63, 3.8) is 0 Å². The zero-order valence-corrected chi connectivity index (χ0v) is 49.4. The number of allylic oxidation sites excluding steroid dienone is 4. The SMILES string of the molecule is C/C=C/C.C/C=C/C.CC.CC.CC.CC.[3H]PC.[3H]PC.[3H]PC.[3H]PC.[3H]PC.[3H]PC.[W].[W].[W].[W].[W].[W]. The second kappa shape index (κ2) is 550. The van der Waals surface area contributed by atoms with Gasteiger partial charge < -0.3 is 0 Å². The molecule has 0 rings (SSSR count). The van der Waals surface area contributed by atoms with Gasteiger partial charge in [-0.2, -0.15) is 0 Å². The molecule has 0 fully saturated rings. The average molecular weight is 1640 g/mol. The molecule has 0 spiro atoms. The summed E-state index contributed by atoms with van der Waals surface area (Å²) in [4.78, 5) is 0. The minimum absolute atomic E-state index is 0. The zero-order chi connectivity index (χ0) is 31.1. The van der Waals surface area contributed by atoms with Gasteiger partial charge >= 0.3 is 0 Å². The van der Waals surface area contributed by atoms with Crippen LogP contribution >= 0.6 is 55.1 Å². The van der Waals surface area contributed by atoms with E-state index in [-0.39, 0.29) is 126 Å². The molecule has 0 radical (unpaired) electrons. The van der Waals surface area contributed by atoms with Gasteiger partial charge in [0.15, 0.2) is 0 Å². The predicted octanol–water partition coefficient (Wildman–Crippen LogP) is 10.2. The van der Waals surface area contributed by atoms with Crippen LogP contribution in [0.2, 0.25) is 0 Å². The summed E-state index contributed by atoms with van der Waals surface area (Å²) < 4.78 is 37.4. The van der Waals surface area contributed by atoms with Gasteiger partial charge in [0.25, 0.3) is 0 Å². The molecular formula is C22H70P6W6. The number of hydrogen-bond donors (Lipinski definition) is 0. The molecule has 0 saturated carbocycles. The van der Waals surface area contributed by atoms with Crippen LogP contribution in [-0.4, -0.2) is 47.7 Å². The molecule has 0 aromatic rings. The van der Waals surface area contributed by atoms with E-state index < -0.39 is 0 Å². The van der Waals surface area contributed by atoms with Crippen LogP contribution in [0.15, 0.2) is 24.3 Å². The van der Waals surface area contributed by atoms with Crippen molar-refractivity contribution in [3.8, 4) is 0 Å². The van der Waals surface area contributed by atoms with E-state index in [0.717, 1.165) is 0 Å². The van der Waals surface area contributed by atoms with Crippen molar-refractivity contribution in [1.82, 2.24) is 0 Å². The van der Waals surface area contributed by atoms with Crippen LogP contribution < -0.4 is 0 Å². The molecule has 0 aromatic heterocycles. The maximum Gasteiger partial charge on any atom is 0.0543 e. The van der Waals surface area contributed by atoms with Crippen molar-refractivity contribution >= 4 is 55.1 Å². The first-order valence-corrected chi connectivity index (χ1v) is 16.0. The van der Waals surface area contributed by atoms with Gasteiger partial charge in [-0.15, -0.1) is 55.1 Å². The minimum Gasteiger partial charge on any atom is -0.141 e. The first-order valence-electron chi connectivity index (χ1n) is 13.0. The van der Waals surface area contributed by atoms with Crippen LogP contribution in [0.3, 0.4) is 0 Å². The maximum absolute atomic E-state index is 6.24. The molecule has 0 aliphatic heterocycles. The first kappa shape index (κ1) is 77.7. The standard InChI is InChI=1S/2C4H8.4C2H6.6CH5P.6W/c2*1-3-4-2;10*1-2;;;;;;/h2*3-4H,1-2H3;4*1-2H3;6*2H2,1H3;;;;;;/b2*4-3+;;;;;;;;;;;;;;;;/i;;;;;;6*2T;;;;;;. The summed E-state index contributed by atoms with van der Waals surface area (Å²) in [6, 6.07) is 0. The van der Waals surface area contributed by atoms with E-state index in [4.69, 9.17) is 7.67 Å². The number of hydrogen-bond acceptors (Lipinski definition) is 0. The third-order valence-corrected chi connectivity index (χ3v) is 0.667. The maximum atomic E-state index is 6.24. The smallest absolute Gasteiger partial charge is 0.0543 e. The van der Waals surface area contributed by atoms with Gasteiger partial charge in [0.1, 0.15) is 0 Å². The molecule has 34 heavy (non-hydrogen) atoms. The van der Waals surface area contributed by atoms with Crippen LogP contribution in [0, 0.1) is 0 Å². The molecular weight excluding hydrogens is 1550 g/mol. The third-order valence-electron chi connectivity index (χ3n) is 0.667. The summed E-state index contributed by atoms with van der Waals surface area (Å²) in [5.74, 6) is 0. The average Bonchev–Trinajstić information content (AvgIpc) is 2.87. The molecule has 0 N–H and O–H groups in total. The molecule has 0 bridgehead atoms. The van der Waals surface area contributed by atoms with E-state index in [1.807, 2.05) is 147 Å². The fourth-order valence-corrected chi connectivity index (χ4v) is 0. The quantitative estimate of drug-likeness (QED) is 0.168. The van der Waals surface area contributed by atoms with Gasteiger partial charge in [0.2, 0.25) is 0 Å². The van der Waals surface area contributed by atoms with Gasteiger partial charge in [0.05, 0.1) is 7.67 Å². The van der Waals surface area contributed by atoms with E-state index in [1.165, 1.54) is 0 Å². The first-order chi connectivity index (χ1) is 16.3. The van der Waals surface area contributed by atoms with Gasteiger partial charge in [-0.25, -0.2) is 0 Å². The Morgan fingerprint density at radius 2 is 0.353 bits per heavy atom. The van der Waals surface area contributed by atoms with Crippen molar-refractivity contribution in [2.45, 2.75) is 83.1 Å². The van der Waals surface area contributed by atoms with E-state index in [1.54, 1.807) is 0 Å². The second-order valence-corrected chi connectivity index (χ2v) is 1.33. The largest absolute Gasteiger partial charge is 0.141 e. The molecule has 224 valence electrons. The fourth-order valence-electron chi connectivity index (χ4n) is 0. The van der Waals surface area contributed by atoms with Gasteiger partial charge in [-0.3, -0.25) is 0 Å². The predicted molar refractivity (Wildman–Crippen MR) is 180 cm³/mol. The molecule has 0 aromatic carbocycles. The molecule has 6 unspecified atom stereocenters. The van der Waals surface area contributed by atoms with E-state index in [9.17, 15) is 0 Å². The van der Waals surface area contributed by atoms with Gasteiger partial charge in [-0.05, 0) is 27.7 Å². The Kier molecular flexibility index (Phi) is 1260. The van der Waals surface area contributed by atoms with Crippen molar-refractivity contribution < 1.29 is 126 Å². The van der Waals surface area contributed by atoms with Crippen LogP contribution in [0.4, 0.5) is 0 Å². The van der Waals surface area contributed by atoms with E-state index >= 15 is 0 Å². The molecule has 6 atom stereocenters. The van der Waals surface area contributed by atoms with Gasteiger partial charge in [-0.1, -0.05) is 120 Å². The van der Waals surface area contributed by atoms with Crippen LogP contribution in [0.1, 0.15) is 83.1 Å². The minimum atomic E-state index is 0. The molecule has 0 saturated heterocycles.